The number of carboxylic acids is 1. The molecule has 0 bridgehead atoms. The van der Waals surface area contributed by atoms with Crippen LogP contribution in [0.25, 0.3) is 0 Å². The van der Waals surface area contributed by atoms with E-state index in [1.165, 1.54) is 16.9 Å². The Morgan fingerprint density at radius 3 is 2.55 bits per heavy atom. The van der Waals surface area contributed by atoms with Crippen molar-refractivity contribution >= 4 is 28.1 Å². The van der Waals surface area contributed by atoms with E-state index < -0.39 is 11.4 Å². The lowest BCUT2D eigenvalue weighted by Gasteiger charge is -2.15. The average molecular weight is 290 g/mol. The molecule has 5 heteroatoms. The number of nitrogens with one attached hydrogen (secondary N) is 1. The number of hydrogen-bond donors (Lipinski definition) is 2. The molecule has 4 nitrogen and oxygen atoms in total. The highest BCUT2D eigenvalue weighted by Gasteiger charge is 2.32. The molecule has 2 aromatic rings. The van der Waals surface area contributed by atoms with Crippen LogP contribution >= 0.6 is 11.3 Å². The van der Waals surface area contributed by atoms with Gasteiger partial charge < -0.3 is 10.4 Å². The third-order valence-electron chi connectivity index (χ3n) is 3.29. The molecule has 2 N–H and O–H groups in total. The lowest BCUT2D eigenvalue weighted by atomic mass is 9.90. The Labute approximate surface area is 122 Å². The second kappa shape index (κ2) is 5.63. The van der Waals surface area contributed by atoms with Crippen LogP contribution < -0.4 is 5.32 Å². The molecule has 106 valence electrons. The SMILES string of the molecule is CCc1ccc(Nc2nc(C(C)(C)C(=O)O)cs2)cc1. The smallest absolute Gasteiger partial charge is 0.315 e. The van der Waals surface area contributed by atoms with Gasteiger partial charge in [-0.1, -0.05) is 19.1 Å². The van der Waals surface area contributed by atoms with Crippen LogP contribution in [-0.2, 0) is 16.6 Å². The van der Waals surface area contributed by atoms with Gasteiger partial charge in [-0.05, 0) is 38.0 Å². The second-order valence-electron chi connectivity index (χ2n) is 5.14. The molecule has 0 aliphatic rings. The van der Waals surface area contributed by atoms with Crippen molar-refractivity contribution in [1.29, 1.82) is 0 Å². The van der Waals surface area contributed by atoms with E-state index in [1.54, 1.807) is 19.2 Å². The fraction of sp³-hybridized carbons (Fsp3) is 0.333. The minimum Gasteiger partial charge on any atom is -0.481 e. The van der Waals surface area contributed by atoms with Crippen molar-refractivity contribution in [3.63, 3.8) is 0 Å². The summed E-state index contributed by atoms with van der Waals surface area (Å²) in [6, 6.07) is 8.14. The van der Waals surface area contributed by atoms with Gasteiger partial charge in [0.15, 0.2) is 5.13 Å². The van der Waals surface area contributed by atoms with E-state index in [-0.39, 0.29) is 0 Å². The molecule has 1 aromatic carbocycles. The van der Waals surface area contributed by atoms with Gasteiger partial charge in [0.2, 0.25) is 0 Å². The lowest BCUT2D eigenvalue weighted by Crippen LogP contribution is -2.28. The number of anilines is 2. The summed E-state index contributed by atoms with van der Waals surface area (Å²) in [7, 11) is 0. The van der Waals surface area contributed by atoms with Crippen molar-refractivity contribution in [2.75, 3.05) is 5.32 Å². The molecule has 0 amide bonds. The number of thiazole rings is 1. The number of aliphatic carboxylic acids is 1. The van der Waals surface area contributed by atoms with Gasteiger partial charge in [0.1, 0.15) is 5.41 Å². The number of benzene rings is 1. The molecule has 0 saturated heterocycles. The van der Waals surface area contributed by atoms with E-state index >= 15 is 0 Å². The summed E-state index contributed by atoms with van der Waals surface area (Å²) < 4.78 is 0. The molecular formula is C15H18N2O2S. The first kappa shape index (κ1) is 14.5. The zero-order valence-electron chi connectivity index (χ0n) is 11.8. The van der Waals surface area contributed by atoms with Crippen LogP contribution in [0.3, 0.4) is 0 Å². The normalized spacial score (nSPS) is 11.3. The monoisotopic (exact) mass is 290 g/mol. The summed E-state index contributed by atoms with van der Waals surface area (Å²) in [4.78, 5) is 15.6. The molecule has 0 atom stereocenters. The van der Waals surface area contributed by atoms with Crippen molar-refractivity contribution in [3.8, 4) is 0 Å². The molecule has 1 heterocycles. The number of hydrogen-bond acceptors (Lipinski definition) is 4. The Balaban J connectivity index is 2.15. The van der Waals surface area contributed by atoms with Crippen LogP contribution in [0.4, 0.5) is 10.8 Å². The Morgan fingerprint density at radius 2 is 2.00 bits per heavy atom. The van der Waals surface area contributed by atoms with Crippen LogP contribution in [0.5, 0.6) is 0 Å². The Bertz CT molecular complexity index is 603. The molecule has 0 unspecified atom stereocenters. The fourth-order valence-electron chi connectivity index (χ4n) is 1.68. The number of rotatable bonds is 5. The summed E-state index contributed by atoms with van der Waals surface area (Å²) in [5.41, 5.74) is 1.84. The highest BCUT2D eigenvalue weighted by Crippen LogP contribution is 2.29. The van der Waals surface area contributed by atoms with Gasteiger partial charge >= 0.3 is 5.97 Å². The van der Waals surface area contributed by atoms with E-state index in [0.29, 0.717) is 10.8 Å². The minimum atomic E-state index is -0.970. The van der Waals surface area contributed by atoms with E-state index in [9.17, 15) is 9.90 Å². The quantitative estimate of drug-likeness (QED) is 0.879. The van der Waals surface area contributed by atoms with Crippen molar-refractivity contribution in [2.24, 2.45) is 0 Å². The fourth-order valence-corrected chi connectivity index (χ4v) is 2.57. The minimum absolute atomic E-state index is 0.572. The maximum absolute atomic E-state index is 11.2. The van der Waals surface area contributed by atoms with Crippen LogP contribution in [0.2, 0.25) is 0 Å². The van der Waals surface area contributed by atoms with Gasteiger partial charge in [0.05, 0.1) is 5.69 Å². The summed E-state index contributed by atoms with van der Waals surface area (Å²) in [5, 5.41) is 14.9. The average Bonchev–Trinajstić information content (AvgIpc) is 2.88. The van der Waals surface area contributed by atoms with E-state index in [2.05, 4.69) is 29.4 Å². The van der Waals surface area contributed by atoms with Crippen molar-refractivity contribution in [1.82, 2.24) is 4.98 Å². The number of nitrogens with zero attached hydrogens (tertiary/aromatic N) is 1. The predicted octanol–water partition coefficient (Wildman–Crippen LogP) is 3.81. The van der Waals surface area contributed by atoms with Gasteiger partial charge in [-0.3, -0.25) is 4.79 Å². The van der Waals surface area contributed by atoms with Gasteiger partial charge in [-0.15, -0.1) is 11.3 Å². The first-order chi connectivity index (χ1) is 9.43. The van der Waals surface area contributed by atoms with Crippen molar-refractivity contribution in [2.45, 2.75) is 32.6 Å². The van der Waals surface area contributed by atoms with Gasteiger partial charge in [-0.2, -0.15) is 0 Å². The van der Waals surface area contributed by atoms with Crippen LogP contribution in [0.15, 0.2) is 29.6 Å². The number of aromatic nitrogens is 1. The van der Waals surface area contributed by atoms with Crippen LogP contribution in [0.1, 0.15) is 32.0 Å². The molecule has 1 aromatic heterocycles. The van der Waals surface area contributed by atoms with Crippen LogP contribution in [0, 0.1) is 0 Å². The van der Waals surface area contributed by atoms with Crippen molar-refractivity contribution < 1.29 is 9.90 Å². The molecule has 0 aliphatic carbocycles. The Hall–Kier alpha value is -1.88. The van der Waals surface area contributed by atoms with Gasteiger partial charge in [0.25, 0.3) is 0 Å². The zero-order chi connectivity index (χ0) is 14.8. The first-order valence-corrected chi connectivity index (χ1v) is 7.37. The molecular weight excluding hydrogens is 272 g/mol. The maximum atomic E-state index is 11.2. The first-order valence-electron chi connectivity index (χ1n) is 6.49. The van der Waals surface area contributed by atoms with Gasteiger partial charge in [-0.25, -0.2) is 4.98 Å². The van der Waals surface area contributed by atoms with E-state index in [0.717, 1.165) is 12.1 Å². The highest BCUT2D eigenvalue weighted by atomic mass is 32.1. The second-order valence-corrected chi connectivity index (χ2v) is 6.00. The lowest BCUT2D eigenvalue weighted by molar-refractivity contribution is -0.142. The molecule has 0 fully saturated rings. The zero-order valence-corrected chi connectivity index (χ0v) is 12.6. The topological polar surface area (TPSA) is 62.2 Å². The number of carboxylic acid groups (broad SMARTS) is 1. The maximum Gasteiger partial charge on any atom is 0.315 e. The standard InChI is InChI=1S/C15H18N2O2S/c1-4-10-5-7-11(8-6-10)16-14-17-12(9-20-14)15(2,3)13(18)19/h5-9H,4H2,1-3H3,(H,16,17)(H,18,19). The summed E-state index contributed by atoms with van der Waals surface area (Å²) in [5.74, 6) is -0.873. The molecule has 0 saturated carbocycles. The Kier molecular flexibility index (Phi) is 4.09. The number of aryl methyl sites for hydroxylation is 1. The molecule has 20 heavy (non-hydrogen) atoms. The van der Waals surface area contributed by atoms with Gasteiger partial charge in [0, 0.05) is 11.1 Å². The third-order valence-corrected chi connectivity index (χ3v) is 4.05. The third kappa shape index (κ3) is 2.99. The summed E-state index contributed by atoms with van der Waals surface area (Å²) >= 11 is 1.41. The largest absolute Gasteiger partial charge is 0.481 e. The number of carbonyl (C=O) groups is 1. The summed E-state index contributed by atoms with van der Waals surface area (Å²) in [6.07, 6.45) is 1.01. The molecule has 0 aliphatic heterocycles. The van der Waals surface area contributed by atoms with E-state index in [1.807, 2.05) is 12.1 Å². The summed E-state index contributed by atoms with van der Waals surface area (Å²) in [6.45, 7) is 5.43. The predicted molar refractivity (Wildman–Crippen MR) is 81.9 cm³/mol. The molecule has 2 rings (SSSR count). The Morgan fingerprint density at radius 1 is 1.35 bits per heavy atom. The molecule has 0 radical (unpaired) electrons. The van der Waals surface area contributed by atoms with E-state index in [4.69, 9.17) is 0 Å². The highest BCUT2D eigenvalue weighted by molar-refractivity contribution is 7.13. The van der Waals surface area contributed by atoms with Crippen LogP contribution in [-0.4, -0.2) is 16.1 Å². The van der Waals surface area contributed by atoms with Crippen molar-refractivity contribution in [3.05, 3.63) is 40.9 Å². The molecule has 0 spiro atoms.